The number of piperidine rings is 1. The van der Waals surface area contributed by atoms with Crippen LogP contribution in [0.5, 0.6) is 0 Å². The van der Waals surface area contributed by atoms with Gasteiger partial charge in [0, 0.05) is 74.0 Å². The van der Waals surface area contributed by atoms with Crippen LogP contribution in [0.25, 0.3) is 0 Å². The summed E-state index contributed by atoms with van der Waals surface area (Å²) in [5.74, 6) is 0.482. The minimum Gasteiger partial charge on any atom is -0.371 e. The molecule has 3 heterocycles. The first-order valence-corrected chi connectivity index (χ1v) is 10.0. The number of pyridine rings is 1. The number of piperazine rings is 1. The number of carbonyl (C=O) groups is 1. The van der Waals surface area contributed by atoms with Gasteiger partial charge in [0.15, 0.2) is 0 Å². The molecule has 0 atom stereocenters. The molecule has 27 heavy (non-hydrogen) atoms. The molecule has 0 N–H and O–H groups in total. The number of benzene rings is 1. The van der Waals surface area contributed by atoms with E-state index in [0.29, 0.717) is 5.91 Å². The van der Waals surface area contributed by atoms with Gasteiger partial charge in [-0.2, -0.15) is 0 Å². The lowest BCUT2D eigenvalue weighted by atomic mass is 9.94. The molecular formula is C21H25ClN4O. The Bertz CT molecular complexity index is 769. The summed E-state index contributed by atoms with van der Waals surface area (Å²) in [7, 11) is 0. The van der Waals surface area contributed by atoms with E-state index in [1.807, 2.05) is 47.6 Å². The van der Waals surface area contributed by atoms with Gasteiger partial charge in [0.25, 0.3) is 0 Å². The molecule has 0 unspecified atom stereocenters. The third-order valence-electron chi connectivity index (χ3n) is 5.64. The first-order valence-electron chi connectivity index (χ1n) is 9.65. The Hall–Kier alpha value is -2.27. The van der Waals surface area contributed by atoms with Crippen molar-refractivity contribution in [2.24, 2.45) is 5.92 Å². The van der Waals surface area contributed by atoms with Crippen molar-refractivity contribution in [3.05, 3.63) is 53.8 Å². The number of nitrogens with zero attached hydrogens (tertiary/aromatic N) is 4. The Kier molecular flexibility index (Phi) is 5.48. The second-order valence-corrected chi connectivity index (χ2v) is 7.70. The summed E-state index contributed by atoms with van der Waals surface area (Å²) < 4.78 is 0. The lowest BCUT2D eigenvalue weighted by molar-refractivity contribution is -0.136. The van der Waals surface area contributed by atoms with Crippen LogP contribution < -0.4 is 9.80 Å². The monoisotopic (exact) mass is 384 g/mol. The van der Waals surface area contributed by atoms with Gasteiger partial charge in [-0.15, -0.1) is 0 Å². The van der Waals surface area contributed by atoms with Crippen LogP contribution in [-0.4, -0.2) is 55.1 Å². The Labute approximate surface area is 165 Å². The van der Waals surface area contributed by atoms with Crippen LogP contribution in [0, 0.1) is 5.92 Å². The third-order valence-corrected chi connectivity index (χ3v) is 5.87. The second-order valence-electron chi connectivity index (χ2n) is 7.26. The van der Waals surface area contributed by atoms with Crippen LogP contribution in [0.2, 0.25) is 5.02 Å². The molecule has 0 radical (unpaired) electrons. The zero-order chi connectivity index (χ0) is 18.6. The van der Waals surface area contributed by atoms with E-state index in [1.54, 1.807) is 0 Å². The van der Waals surface area contributed by atoms with Crippen LogP contribution in [0.4, 0.5) is 11.4 Å². The highest BCUT2D eigenvalue weighted by molar-refractivity contribution is 6.30. The Morgan fingerprint density at radius 3 is 2.22 bits per heavy atom. The quantitative estimate of drug-likeness (QED) is 0.814. The number of aromatic nitrogens is 1. The van der Waals surface area contributed by atoms with Crippen LogP contribution in [0.15, 0.2) is 48.8 Å². The SMILES string of the molecule is O=C(C1CCN(c2ccncc2)CC1)N1CCN(c2cccc(Cl)c2)CC1. The Morgan fingerprint density at radius 2 is 1.56 bits per heavy atom. The molecule has 0 aliphatic carbocycles. The summed E-state index contributed by atoms with van der Waals surface area (Å²) in [6.45, 7) is 5.17. The summed E-state index contributed by atoms with van der Waals surface area (Å²) in [6.07, 6.45) is 5.50. The summed E-state index contributed by atoms with van der Waals surface area (Å²) in [4.78, 5) is 23.7. The van der Waals surface area contributed by atoms with Crippen molar-refractivity contribution in [3.8, 4) is 0 Å². The molecule has 2 saturated heterocycles. The van der Waals surface area contributed by atoms with E-state index in [4.69, 9.17) is 11.6 Å². The summed E-state index contributed by atoms with van der Waals surface area (Å²) in [5, 5.41) is 0.756. The smallest absolute Gasteiger partial charge is 0.225 e. The fourth-order valence-electron chi connectivity index (χ4n) is 4.06. The van der Waals surface area contributed by atoms with Crippen molar-refractivity contribution < 1.29 is 4.79 Å². The summed E-state index contributed by atoms with van der Waals surface area (Å²) in [6, 6.07) is 12.0. The Morgan fingerprint density at radius 1 is 0.889 bits per heavy atom. The lowest BCUT2D eigenvalue weighted by Crippen LogP contribution is -2.51. The second kappa shape index (κ2) is 8.17. The molecule has 0 saturated carbocycles. The normalized spacial score (nSPS) is 18.6. The highest BCUT2D eigenvalue weighted by atomic mass is 35.5. The largest absolute Gasteiger partial charge is 0.371 e. The number of hydrogen-bond acceptors (Lipinski definition) is 4. The molecule has 4 rings (SSSR count). The average Bonchev–Trinajstić information content (AvgIpc) is 2.74. The van der Waals surface area contributed by atoms with Gasteiger partial charge in [0.1, 0.15) is 0 Å². The predicted octanol–water partition coefficient (Wildman–Crippen LogP) is 3.30. The third kappa shape index (κ3) is 4.19. The van der Waals surface area contributed by atoms with Gasteiger partial charge in [-0.05, 0) is 43.2 Å². The average molecular weight is 385 g/mol. The highest BCUT2D eigenvalue weighted by Gasteiger charge is 2.30. The predicted molar refractivity (Wildman–Crippen MR) is 109 cm³/mol. The number of anilines is 2. The van der Waals surface area contributed by atoms with Crippen molar-refractivity contribution in [2.75, 3.05) is 49.1 Å². The first kappa shape index (κ1) is 18.1. The molecule has 5 nitrogen and oxygen atoms in total. The molecule has 1 aromatic carbocycles. The van der Waals surface area contributed by atoms with Gasteiger partial charge >= 0.3 is 0 Å². The van der Waals surface area contributed by atoms with Crippen molar-refractivity contribution >= 4 is 28.9 Å². The topological polar surface area (TPSA) is 39.7 Å². The molecular weight excluding hydrogens is 360 g/mol. The van der Waals surface area contributed by atoms with Gasteiger partial charge < -0.3 is 14.7 Å². The van der Waals surface area contributed by atoms with Gasteiger partial charge in [0.2, 0.25) is 5.91 Å². The fourth-order valence-corrected chi connectivity index (χ4v) is 4.24. The minimum atomic E-state index is 0.154. The number of hydrogen-bond donors (Lipinski definition) is 0. The van der Waals surface area contributed by atoms with Crippen molar-refractivity contribution in [1.82, 2.24) is 9.88 Å². The fraction of sp³-hybridized carbons (Fsp3) is 0.429. The number of carbonyl (C=O) groups excluding carboxylic acids is 1. The lowest BCUT2D eigenvalue weighted by Gasteiger charge is -2.39. The maximum Gasteiger partial charge on any atom is 0.225 e. The number of rotatable bonds is 3. The summed E-state index contributed by atoms with van der Waals surface area (Å²) >= 11 is 6.10. The van der Waals surface area contributed by atoms with Gasteiger partial charge in [0.05, 0.1) is 0 Å². The van der Waals surface area contributed by atoms with Crippen LogP contribution in [0.3, 0.4) is 0 Å². The van der Waals surface area contributed by atoms with Crippen molar-refractivity contribution in [1.29, 1.82) is 0 Å². The zero-order valence-corrected chi connectivity index (χ0v) is 16.2. The minimum absolute atomic E-state index is 0.154. The molecule has 2 fully saturated rings. The van der Waals surface area contributed by atoms with E-state index in [0.717, 1.165) is 62.8 Å². The number of halogens is 1. The van der Waals surface area contributed by atoms with Crippen molar-refractivity contribution in [2.45, 2.75) is 12.8 Å². The van der Waals surface area contributed by atoms with E-state index in [1.165, 1.54) is 5.69 Å². The molecule has 2 aromatic rings. The van der Waals surface area contributed by atoms with E-state index in [2.05, 4.69) is 20.9 Å². The molecule has 0 bridgehead atoms. The van der Waals surface area contributed by atoms with E-state index in [9.17, 15) is 4.79 Å². The maximum absolute atomic E-state index is 13.0. The summed E-state index contributed by atoms with van der Waals surface area (Å²) in [5.41, 5.74) is 2.34. The van der Waals surface area contributed by atoms with Crippen LogP contribution >= 0.6 is 11.6 Å². The number of amides is 1. The molecule has 0 spiro atoms. The molecule has 142 valence electrons. The maximum atomic E-state index is 13.0. The van der Waals surface area contributed by atoms with Crippen LogP contribution in [0.1, 0.15) is 12.8 Å². The first-order chi connectivity index (χ1) is 13.2. The molecule has 2 aliphatic rings. The zero-order valence-electron chi connectivity index (χ0n) is 15.4. The van der Waals surface area contributed by atoms with E-state index >= 15 is 0 Å². The van der Waals surface area contributed by atoms with Gasteiger partial charge in [-0.1, -0.05) is 17.7 Å². The highest BCUT2D eigenvalue weighted by Crippen LogP contribution is 2.26. The van der Waals surface area contributed by atoms with Gasteiger partial charge in [-0.25, -0.2) is 0 Å². The van der Waals surface area contributed by atoms with Gasteiger partial charge in [-0.3, -0.25) is 9.78 Å². The van der Waals surface area contributed by atoms with Crippen LogP contribution in [-0.2, 0) is 4.79 Å². The van der Waals surface area contributed by atoms with E-state index in [-0.39, 0.29) is 5.92 Å². The van der Waals surface area contributed by atoms with E-state index < -0.39 is 0 Å². The van der Waals surface area contributed by atoms with Crippen molar-refractivity contribution in [3.63, 3.8) is 0 Å². The molecule has 1 amide bonds. The molecule has 2 aliphatic heterocycles. The standard InChI is InChI=1S/C21H25ClN4O/c22-18-2-1-3-20(16-18)25-12-14-26(15-13-25)21(27)17-6-10-24(11-7-17)19-4-8-23-9-5-19/h1-5,8-9,16-17H,6-7,10-15H2. The Balaban J connectivity index is 1.29. The molecule has 6 heteroatoms. The molecule has 1 aromatic heterocycles.